The molecule has 0 radical (unpaired) electrons. The summed E-state index contributed by atoms with van der Waals surface area (Å²) >= 11 is 0. The predicted molar refractivity (Wildman–Crippen MR) is 181 cm³/mol. The number of benzene rings is 6. The third kappa shape index (κ3) is 4.36. The monoisotopic (exact) mass is 548 g/mol. The van der Waals surface area contributed by atoms with E-state index in [-0.39, 0.29) is 0 Å². The van der Waals surface area contributed by atoms with Crippen molar-refractivity contribution in [2.24, 2.45) is 0 Å². The first kappa shape index (κ1) is 25.1. The molecule has 2 heterocycles. The second-order valence-corrected chi connectivity index (χ2v) is 11.1. The molecule has 2 aromatic heterocycles. The highest BCUT2D eigenvalue weighted by atomic mass is 14.7. The molecule has 0 fully saturated rings. The van der Waals surface area contributed by atoms with Crippen LogP contribution in [0.2, 0.25) is 0 Å². The molecule has 2 nitrogen and oxygen atoms in total. The second-order valence-electron chi connectivity index (χ2n) is 11.1. The first-order valence-corrected chi connectivity index (χ1v) is 14.6. The van der Waals surface area contributed by atoms with E-state index in [2.05, 4.69) is 137 Å². The normalized spacial score (nSPS) is 11.4. The molecule has 0 N–H and O–H groups in total. The number of pyridine rings is 2. The van der Waals surface area contributed by atoms with Crippen LogP contribution in [0.4, 0.5) is 0 Å². The molecular formula is C41H28N2. The van der Waals surface area contributed by atoms with Gasteiger partial charge < -0.3 is 0 Å². The smallest absolute Gasteiger partial charge is 0.0451 e. The van der Waals surface area contributed by atoms with Gasteiger partial charge in [0.1, 0.15) is 0 Å². The van der Waals surface area contributed by atoms with Crippen LogP contribution in [0.1, 0.15) is 5.69 Å². The van der Waals surface area contributed by atoms with Crippen LogP contribution in [0.3, 0.4) is 0 Å². The molecule has 8 aromatic rings. The highest BCUT2D eigenvalue weighted by Crippen LogP contribution is 2.44. The quantitative estimate of drug-likeness (QED) is 0.204. The van der Waals surface area contributed by atoms with E-state index in [1.54, 1.807) is 0 Å². The van der Waals surface area contributed by atoms with Crippen molar-refractivity contribution in [2.45, 2.75) is 6.92 Å². The molecule has 0 unspecified atom stereocenters. The SMILES string of the molecule is Cc1ncccc1-c1cncc(-c2ccc3cc(-c4c5ccccc5c(-c5ccccc5)c5ccccc45)ccc3c2)c1. The zero-order valence-corrected chi connectivity index (χ0v) is 23.8. The van der Waals surface area contributed by atoms with E-state index in [1.165, 1.54) is 54.6 Å². The molecule has 0 aliphatic heterocycles. The first-order chi connectivity index (χ1) is 21.2. The Morgan fingerprint density at radius 3 is 1.63 bits per heavy atom. The maximum Gasteiger partial charge on any atom is 0.0451 e. The standard InChI is InChI=1S/C41H28N2/c1-27-35(16-9-21-43-27)34-24-33(25-42-26-34)31-18-17-30-23-32(20-19-29(30)22-31)41-38-14-7-5-12-36(38)40(28-10-3-2-4-11-28)37-13-6-8-15-39(37)41/h2-26H,1H3. The summed E-state index contributed by atoms with van der Waals surface area (Å²) < 4.78 is 0. The van der Waals surface area contributed by atoms with Crippen molar-refractivity contribution < 1.29 is 0 Å². The summed E-state index contributed by atoms with van der Waals surface area (Å²) in [6, 6.07) is 48.3. The van der Waals surface area contributed by atoms with Gasteiger partial charge in [0, 0.05) is 41.0 Å². The van der Waals surface area contributed by atoms with Crippen LogP contribution in [0.5, 0.6) is 0 Å². The van der Waals surface area contributed by atoms with E-state index < -0.39 is 0 Å². The summed E-state index contributed by atoms with van der Waals surface area (Å²) in [6.45, 7) is 2.04. The topological polar surface area (TPSA) is 25.8 Å². The lowest BCUT2D eigenvalue weighted by atomic mass is 9.85. The Kier molecular flexibility index (Phi) is 6.05. The van der Waals surface area contributed by atoms with Crippen LogP contribution >= 0.6 is 0 Å². The average Bonchev–Trinajstić information content (AvgIpc) is 3.07. The lowest BCUT2D eigenvalue weighted by Crippen LogP contribution is -1.91. The molecule has 0 saturated carbocycles. The van der Waals surface area contributed by atoms with E-state index in [9.17, 15) is 0 Å². The molecule has 0 spiro atoms. The molecule has 0 bridgehead atoms. The minimum atomic E-state index is 1.00. The van der Waals surface area contributed by atoms with Gasteiger partial charge in [0.15, 0.2) is 0 Å². The van der Waals surface area contributed by atoms with Crippen LogP contribution in [0, 0.1) is 6.92 Å². The van der Waals surface area contributed by atoms with E-state index in [0.717, 1.165) is 27.9 Å². The predicted octanol–water partition coefficient (Wildman–Crippen LogP) is 10.9. The second kappa shape index (κ2) is 10.3. The molecule has 8 rings (SSSR count). The van der Waals surface area contributed by atoms with Gasteiger partial charge in [0.05, 0.1) is 0 Å². The Bertz CT molecular complexity index is 2240. The Morgan fingerprint density at radius 2 is 0.977 bits per heavy atom. The number of hydrogen-bond acceptors (Lipinski definition) is 2. The summed E-state index contributed by atoms with van der Waals surface area (Å²) in [5.41, 5.74) is 10.5. The Hall–Kier alpha value is -5.60. The Labute approximate surface area is 251 Å². The number of hydrogen-bond donors (Lipinski definition) is 0. The fourth-order valence-corrected chi connectivity index (χ4v) is 6.47. The van der Waals surface area contributed by atoms with Crippen molar-refractivity contribution in [1.29, 1.82) is 0 Å². The number of aryl methyl sites for hydroxylation is 1. The minimum absolute atomic E-state index is 1.00. The van der Waals surface area contributed by atoms with Crippen LogP contribution in [0.25, 0.3) is 76.8 Å². The largest absolute Gasteiger partial charge is 0.263 e. The summed E-state index contributed by atoms with van der Waals surface area (Å²) in [7, 11) is 0. The van der Waals surface area contributed by atoms with Crippen LogP contribution in [-0.2, 0) is 0 Å². The summed E-state index contributed by atoms with van der Waals surface area (Å²) in [4.78, 5) is 9.03. The highest BCUT2D eigenvalue weighted by Gasteiger charge is 2.16. The van der Waals surface area contributed by atoms with Crippen molar-refractivity contribution in [3.63, 3.8) is 0 Å². The minimum Gasteiger partial charge on any atom is -0.263 e. The first-order valence-electron chi connectivity index (χ1n) is 14.6. The summed E-state index contributed by atoms with van der Waals surface area (Å²) in [6.07, 6.45) is 5.69. The van der Waals surface area contributed by atoms with Gasteiger partial charge in [-0.05, 0) is 91.3 Å². The van der Waals surface area contributed by atoms with Gasteiger partial charge in [-0.15, -0.1) is 0 Å². The Morgan fingerprint density at radius 1 is 0.419 bits per heavy atom. The fourth-order valence-electron chi connectivity index (χ4n) is 6.47. The molecular weight excluding hydrogens is 520 g/mol. The van der Waals surface area contributed by atoms with Gasteiger partial charge in [0.25, 0.3) is 0 Å². The molecule has 6 aromatic carbocycles. The number of nitrogens with zero attached hydrogens (tertiary/aromatic N) is 2. The molecule has 43 heavy (non-hydrogen) atoms. The lowest BCUT2D eigenvalue weighted by Gasteiger charge is -2.18. The summed E-state index contributed by atoms with van der Waals surface area (Å²) in [5, 5.41) is 7.50. The van der Waals surface area contributed by atoms with Crippen molar-refractivity contribution in [1.82, 2.24) is 9.97 Å². The number of fused-ring (bicyclic) bond motifs is 3. The van der Waals surface area contributed by atoms with Gasteiger partial charge >= 0.3 is 0 Å². The van der Waals surface area contributed by atoms with Crippen molar-refractivity contribution in [3.8, 4) is 44.5 Å². The zero-order valence-electron chi connectivity index (χ0n) is 23.8. The van der Waals surface area contributed by atoms with Crippen molar-refractivity contribution >= 4 is 32.3 Å². The molecule has 0 aliphatic carbocycles. The maximum absolute atomic E-state index is 4.57. The number of aromatic nitrogens is 2. The lowest BCUT2D eigenvalue weighted by molar-refractivity contribution is 1.20. The van der Waals surface area contributed by atoms with Crippen LogP contribution < -0.4 is 0 Å². The van der Waals surface area contributed by atoms with Gasteiger partial charge in [-0.1, -0.05) is 109 Å². The van der Waals surface area contributed by atoms with Gasteiger partial charge in [0.2, 0.25) is 0 Å². The molecule has 2 heteroatoms. The van der Waals surface area contributed by atoms with Crippen LogP contribution in [0.15, 0.2) is 152 Å². The van der Waals surface area contributed by atoms with E-state index >= 15 is 0 Å². The third-order valence-corrected chi connectivity index (χ3v) is 8.51. The highest BCUT2D eigenvalue weighted by molar-refractivity contribution is 6.21. The van der Waals surface area contributed by atoms with Crippen LogP contribution in [-0.4, -0.2) is 9.97 Å². The molecule has 0 amide bonds. The molecule has 202 valence electrons. The van der Waals surface area contributed by atoms with E-state index in [4.69, 9.17) is 0 Å². The van der Waals surface area contributed by atoms with Crippen molar-refractivity contribution in [2.75, 3.05) is 0 Å². The summed E-state index contributed by atoms with van der Waals surface area (Å²) in [5.74, 6) is 0. The third-order valence-electron chi connectivity index (χ3n) is 8.51. The molecule has 0 atom stereocenters. The fraction of sp³-hybridized carbons (Fsp3) is 0.0244. The van der Waals surface area contributed by atoms with Gasteiger partial charge in [-0.2, -0.15) is 0 Å². The average molecular weight is 549 g/mol. The van der Waals surface area contributed by atoms with Gasteiger partial charge in [-0.3, -0.25) is 9.97 Å². The molecule has 0 aliphatic rings. The molecule has 0 saturated heterocycles. The Balaban J connectivity index is 1.27. The zero-order chi connectivity index (χ0) is 28.8. The number of rotatable bonds is 4. The van der Waals surface area contributed by atoms with Crippen molar-refractivity contribution in [3.05, 3.63) is 158 Å². The van der Waals surface area contributed by atoms with Gasteiger partial charge in [-0.25, -0.2) is 0 Å². The maximum atomic E-state index is 4.57. The van der Waals surface area contributed by atoms with E-state index in [1.807, 2.05) is 31.6 Å². The van der Waals surface area contributed by atoms with E-state index in [0.29, 0.717) is 0 Å².